The molecule has 0 fully saturated rings. The van der Waals surface area contributed by atoms with Gasteiger partial charge in [0.05, 0.1) is 31.0 Å². The maximum atomic E-state index is 11.7. The van der Waals surface area contributed by atoms with Crippen LogP contribution in [0.1, 0.15) is 28.4 Å². The highest BCUT2D eigenvalue weighted by Crippen LogP contribution is 2.13. The zero-order valence-corrected chi connectivity index (χ0v) is 13.9. The van der Waals surface area contributed by atoms with Crippen molar-refractivity contribution < 1.29 is 9.53 Å². The van der Waals surface area contributed by atoms with Gasteiger partial charge < -0.3 is 15.4 Å². The van der Waals surface area contributed by atoms with Gasteiger partial charge in [-0.2, -0.15) is 10.4 Å². The van der Waals surface area contributed by atoms with Crippen LogP contribution >= 0.6 is 0 Å². The fraction of sp³-hybridized carbons (Fsp3) is 0.353. The number of nitrogen functional groups attached to an aromatic ring is 1. The van der Waals surface area contributed by atoms with Gasteiger partial charge in [0.1, 0.15) is 11.4 Å². The Bertz CT molecular complexity index is 730. The molecule has 0 radical (unpaired) electrons. The Morgan fingerprint density at radius 1 is 1.42 bits per heavy atom. The Balaban J connectivity index is 1.90. The standard InChI is InChI=1S/C17H21N5O2/c1-3-24-17(23)15-11-20-22(16(15)19)9-8-21(2)12-14-6-4-13(10-18)5-7-14/h4-7,11H,3,8-9,12,19H2,1-2H3. The average molecular weight is 327 g/mol. The van der Waals surface area contributed by atoms with Gasteiger partial charge >= 0.3 is 5.97 Å². The van der Waals surface area contributed by atoms with E-state index < -0.39 is 5.97 Å². The highest BCUT2D eigenvalue weighted by Gasteiger charge is 2.16. The highest BCUT2D eigenvalue weighted by molar-refractivity contribution is 5.93. The van der Waals surface area contributed by atoms with Gasteiger partial charge in [-0.15, -0.1) is 0 Å². The monoisotopic (exact) mass is 327 g/mol. The maximum Gasteiger partial charge on any atom is 0.343 e. The molecule has 7 heteroatoms. The van der Waals surface area contributed by atoms with Crippen molar-refractivity contribution in [2.45, 2.75) is 20.0 Å². The van der Waals surface area contributed by atoms with Gasteiger partial charge in [-0.25, -0.2) is 9.48 Å². The maximum absolute atomic E-state index is 11.7. The van der Waals surface area contributed by atoms with Crippen molar-refractivity contribution in [1.82, 2.24) is 14.7 Å². The van der Waals surface area contributed by atoms with Crippen LogP contribution in [0.5, 0.6) is 0 Å². The summed E-state index contributed by atoms with van der Waals surface area (Å²) in [6, 6.07) is 9.60. The summed E-state index contributed by atoms with van der Waals surface area (Å²) in [5.41, 5.74) is 8.03. The number of hydrogen-bond acceptors (Lipinski definition) is 6. The summed E-state index contributed by atoms with van der Waals surface area (Å²) in [5, 5.41) is 13.0. The second kappa shape index (κ2) is 8.13. The van der Waals surface area contributed by atoms with Gasteiger partial charge in [0.25, 0.3) is 0 Å². The smallest absolute Gasteiger partial charge is 0.343 e. The van der Waals surface area contributed by atoms with E-state index in [1.165, 1.54) is 6.20 Å². The van der Waals surface area contributed by atoms with Gasteiger partial charge in [-0.3, -0.25) is 0 Å². The molecule has 2 aromatic rings. The topological polar surface area (TPSA) is 97.2 Å². The normalized spacial score (nSPS) is 10.6. The molecule has 0 aliphatic carbocycles. The zero-order valence-electron chi connectivity index (χ0n) is 13.9. The third-order valence-electron chi connectivity index (χ3n) is 3.60. The molecule has 2 N–H and O–H groups in total. The molecule has 1 aromatic heterocycles. The van der Waals surface area contributed by atoms with E-state index >= 15 is 0 Å². The number of likely N-dealkylation sites (N-methyl/N-ethyl adjacent to an activating group) is 1. The number of carbonyl (C=O) groups excluding carboxylic acids is 1. The first-order valence-electron chi connectivity index (χ1n) is 7.71. The Kier molecular flexibility index (Phi) is 5.93. The molecule has 1 heterocycles. The fourth-order valence-corrected chi connectivity index (χ4v) is 2.28. The van der Waals surface area contributed by atoms with E-state index in [9.17, 15) is 4.79 Å². The molecule has 7 nitrogen and oxygen atoms in total. The van der Waals surface area contributed by atoms with Crippen LogP contribution < -0.4 is 5.73 Å². The highest BCUT2D eigenvalue weighted by atomic mass is 16.5. The lowest BCUT2D eigenvalue weighted by molar-refractivity contribution is 0.0527. The van der Waals surface area contributed by atoms with E-state index in [0.717, 1.165) is 12.1 Å². The average Bonchev–Trinajstić information content (AvgIpc) is 2.95. The van der Waals surface area contributed by atoms with Crippen molar-refractivity contribution in [2.75, 3.05) is 25.9 Å². The number of rotatable bonds is 7. The Labute approximate surface area is 141 Å². The number of anilines is 1. The van der Waals surface area contributed by atoms with Crippen LogP contribution in [0.4, 0.5) is 5.82 Å². The van der Waals surface area contributed by atoms with Crippen molar-refractivity contribution in [2.24, 2.45) is 0 Å². The molecular formula is C17H21N5O2. The molecule has 0 saturated heterocycles. The third kappa shape index (κ3) is 4.33. The van der Waals surface area contributed by atoms with Crippen LogP contribution in [0.15, 0.2) is 30.5 Å². The third-order valence-corrected chi connectivity index (χ3v) is 3.60. The first-order chi connectivity index (χ1) is 11.5. The lowest BCUT2D eigenvalue weighted by Crippen LogP contribution is -2.24. The lowest BCUT2D eigenvalue weighted by Gasteiger charge is -2.17. The van der Waals surface area contributed by atoms with Crippen molar-refractivity contribution in [3.63, 3.8) is 0 Å². The molecule has 1 aromatic carbocycles. The number of carbonyl (C=O) groups is 1. The summed E-state index contributed by atoms with van der Waals surface area (Å²) in [4.78, 5) is 13.8. The molecule has 0 atom stereocenters. The first kappa shape index (κ1) is 17.5. The van der Waals surface area contributed by atoms with Crippen LogP contribution in [-0.4, -0.2) is 40.8 Å². The molecule has 126 valence electrons. The Morgan fingerprint density at radius 3 is 2.75 bits per heavy atom. The summed E-state index contributed by atoms with van der Waals surface area (Å²) < 4.78 is 6.54. The molecule has 0 unspecified atom stereocenters. The summed E-state index contributed by atoms with van der Waals surface area (Å²) in [7, 11) is 1.99. The van der Waals surface area contributed by atoms with Crippen LogP contribution in [0, 0.1) is 11.3 Å². The Hall–Kier alpha value is -2.85. The molecule has 0 bridgehead atoms. The van der Waals surface area contributed by atoms with Crippen molar-refractivity contribution in [3.8, 4) is 6.07 Å². The van der Waals surface area contributed by atoms with E-state index in [1.807, 2.05) is 19.2 Å². The largest absolute Gasteiger partial charge is 0.462 e. The van der Waals surface area contributed by atoms with Crippen molar-refractivity contribution in [1.29, 1.82) is 5.26 Å². The quantitative estimate of drug-likeness (QED) is 0.777. The molecule has 0 aliphatic rings. The van der Waals surface area contributed by atoms with Crippen LogP contribution in [-0.2, 0) is 17.8 Å². The predicted octanol–water partition coefficient (Wildman–Crippen LogP) is 1.65. The van der Waals surface area contributed by atoms with Gasteiger partial charge in [0, 0.05) is 13.1 Å². The summed E-state index contributed by atoms with van der Waals surface area (Å²) in [6.45, 7) is 4.08. The van der Waals surface area contributed by atoms with Gasteiger partial charge in [0.15, 0.2) is 0 Å². The second-order valence-electron chi connectivity index (χ2n) is 5.43. The van der Waals surface area contributed by atoms with E-state index in [-0.39, 0.29) is 0 Å². The molecular weight excluding hydrogens is 306 g/mol. The summed E-state index contributed by atoms with van der Waals surface area (Å²) in [5.74, 6) is -0.132. The predicted molar refractivity (Wildman–Crippen MR) is 90.1 cm³/mol. The van der Waals surface area contributed by atoms with Crippen LogP contribution in [0.2, 0.25) is 0 Å². The van der Waals surface area contributed by atoms with E-state index in [4.69, 9.17) is 15.7 Å². The molecule has 2 rings (SSSR count). The van der Waals surface area contributed by atoms with E-state index in [1.54, 1.807) is 23.7 Å². The molecule has 0 saturated carbocycles. The minimum atomic E-state index is -0.452. The fourth-order valence-electron chi connectivity index (χ4n) is 2.28. The van der Waals surface area contributed by atoms with Crippen molar-refractivity contribution >= 4 is 11.8 Å². The number of hydrogen-bond donors (Lipinski definition) is 1. The summed E-state index contributed by atoms with van der Waals surface area (Å²) >= 11 is 0. The second-order valence-corrected chi connectivity index (χ2v) is 5.43. The summed E-state index contributed by atoms with van der Waals surface area (Å²) in [6.07, 6.45) is 1.44. The van der Waals surface area contributed by atoms with Crippen LogP contribution in [0.25, 0.3) is 0 Å². The minimum absolute atomic E-state index is 0.298. The lowest BCUT2D eigenvalue weighted by atomic mass is 10.1. The van der Waals surface area contributed by atoms with E-state index in [2.05, 4.69) is 16.1 Å². The SMILES string of the molecule is CCOC(=O)c1cnn(CCN(C)Cc2ccc(C#N)cc2)c1N. The van der Waals surface area contributed by atoms with Crippen molar-refractivity contribution in [3.05, 3.63) is 47.2 Å². The number of benzene rings is 1. The minimum Gasteiger partial charge on any atom is -0.462 e. The first-order valence-corrected chi connectivity index (χ1v) is 7.71. The molecule has 0 aliphatic heterocycles. The number of ether oxygens (including phenoxy) is 1. The van der Waals surface area contributed by atoms with Gasteiger partial charge in [-0.05, 0) is 31.7 Å². The number of nitrogens with two attached hydrogens (primary N) is 1. The number of aromatic nitrogens is 2. The number of nitrogens with zero attached hydrogens (tertiary/aromatic N) is 4. The Morgan fingerprint density at radius 2 is 2.12 bits per heavy atom. The van der Waals surface area contributed by atoms with Gasteiger partial charge in [-0.1, -0.05) is 12.1 Å². The van der Waals surface area contributed by atoms with Gasteiger partial charge in [0.2, 0.25) is 0 Å². The molecule has 24 heavy (non-hydrogen) atoms. The van der Waals surface area contributed by atoms with Crippen LogP contribution in [0.3, 0.4) is 0 Å². The molecule has 0 amide bonds. The van der Waals surface area contributed by atoms with E-state index in [0.29, 0.717) is 36.6 Å². The number of nitriles is 1. The molecule has 0 spiro atoms. The zero-order chi connectivity index (χ0) is 17.5. The number of esters is 1.